The molecular weight excluding hydrogens is 368 g/mol. The maximum absolute atomic E-state index is 11.4. The van der Waals surface area contributed by atoms with Crippen molar-refractivity contribution in [2.45, 2.75) is 64.3 Å². The highest BCUT2D eigenvalue weighted by Gasteiger charge is 2.48. The Morgan fingerprint density at radius 1 is 1.14 bits per heavy atom. The predicted octanol–water partition coefficient (Wildman–Crippen LogP) is 5.01. The van der Waals surface area contributed by atoms with Gasteiger partial charge in [-0.25, -0.2) is 0 Å². The van der Waals surface area contributed by atoms with Gasteiger partial charge in [-0.15, -0.1) is 0 Å². The van der Waals surface area contributed by atoms with E-state index >= 15 is 0 Å². The molecule has 2 unspecified atom stereocenters. The second kappa shape index (κ2) is 9.79. The summed E-state index contributed by atoms with van der Waals surface area (Å²) in [4.78, 5) is 11.4. The first-order chi connectivity index (χ1) is 14.1. The Hall–Kier alpha value is -2.53. The lowest BCUT2D eigenvalue weighted by Gasteiger charge is -2.44. The molecule has 5 heteroatoms. The molecule has 2 aromatic rings. The molecule has 0 spiro atoms. The van der Waals surface area contributed by atoms with E-state index in [1.165, 1.54) is 0 Å². The number of carboxylic acid groups (broad SMARTS) is 1. The summed E-state index contributed by atoms with van der Waals surface area (Å²) in [5, 5.41) is 9.34. The quantitative estimate of drug-likeness (QED) is 0.609. The molecule has 0 saturated heterocycles. The first-order valence-electron chi connectivity index (χ1n) is 10.4. The number of aliphatic carboxylic acids is 1. The third-order valence-corrected chi connectivity index (χ3v) is 5.13. The Balaban J connectivity index is 2.01. The molecule has 2 atom stereocenters. The van der Waals surface area contributed by atoms with Gasteiger partial charge in [-0.3, -0.25) is 4.79 Å². The minimum absolute atomic E-state index is 0.0519. The van der Waals surface area contributed by atoms with E-state index in [4.69, 9.17) is 14.2 Å². The van der Waals surface area contributed by atoms with Crippen LogP contribution in [0.15, 0.2) is 48.5 Å². The van der Waals surface area contributed by atoms with E-state index in [9.17, 15) is 9.90 Å². The molecule has 1 N–H and O–H groups in total. The number of hydrogen-bond acceptors (Lipinski definition) is 4. The second-order valence-corrected chi connectivity index (χ2v) is 7.44. The Morgan fingerprint density at radius 3 is 2.62 bits per heavy atom. The van der Waals surface area contributed by atoms with Crippen molar-refractivity contribution in [3.63, 3.8) is 0 Å². The van der Waals surface area contributed by atoms with Gasteiger partial charge >= 0.3 is 5.97 Å². The monoisotopic (exact) mass is 398 g/mol. The van der Waals surface area contributed by atoms with Gasteiger partial charge < -0.3 is 19.3 Å². The normalized spacial score (nSPS) is 20.6. The van der Waals surface area contributed by atoms with Gasteiger partial charge in [-0.2, -0.15) is 0 Å². The van der Waals surface area contributed by atoms with Gasteiger partial charge in [-0.05, 0) is 36.1 Å². The van der Waals surface area contributed by atoms with Crippen LogP contribution in [0.5, 0.6) is 11.5 Å². The summed E-state index contributed by atoms with van der Waals surface area (Å²) in [5.41, 5.74) is 2.20. The molecule has 1 aliphatic rings. The van der Waals surface area contributed by atoms with Crippen LogP contribution in [-0.4, -0.2) is 29.6 Å². The molecule has 156 valence electrons. The van der Waals surface area contributed by atoms with Gasteiger partial charge in [0, 0.05) is 12.8 Å². The number of para-hydroxylation sites is 2. The molecule has 1 aliphatic heterocycles. The van der Waals surface area contributed by atoms with Crippen molar-refractivity contribution >= 4 is 5.97 Å². The van der Waals surface area contributed by atoms with Crippen LogP contribution in [0.3, 0.4) is 0 Å². The maximum atomic E-state index is 11.4. The molecule has 0 aliphatic carbocycles. The number of aryl methyl sites for hydroxylation is 1. The van der Waals surface area contributed by atoms with E-state index in [-0.39, 0.29) is 12.8 Å². The molecular formula is C24H30O5. The molecule has 3 rings (SSSR count). The molecule has 29 heavy (non-hydrogen) atoms. The van der Waals surface area contributed by atoms with Crippen LogP contribution in [-0.2, 0) is 22.4 Å². The van der Waals surface area contributed by atoms with E-state index in [0.29, 0.717) is 18.8 Å². The smallest absolute Gasteiger partial charge is 0.303 e. The van der Waals surface area contributed by atoms with Gasteiger partial charge in [0.15, 0.2) is 6.10 Å². The van der Waals surface area contributed by atoms with Crippen molar-refractivity contribution in [1.29, 1.82) is 0 Å². The van der Waals surface area contributed by atoms with E-state index < -0.39 is 17.9 Å². The van der Waals surface area contributed by atoms with Crippen molar-refractivity contribution < 1.29 is 24.1 Å². The summed E-state index contributed by atoms with van der Waals surface area (Å²) in [5.74, 6) is -0.474. The van der Waals surface area contributed by atoms with Crippen LogP contribution in [0, 0.1) is 0 Å². The standard InChI is InChI=1S/C24H30O5/c1-3-9-18-10-8-11-19-17-21(28-20-12-6-5-7-13-20)24(27-16-4-2,29-23(18)19)15-14-22(25)26/h5-8,10-13,21H,3-4,9,14-17H2,1-2H3,(H,25,26). The van der Waals surface area contributed by atoms with Gasteiger partial charge in [0.05, 0.1) is 13.0 Å². The molecule has 0 fully saturated rings. The Morgan fingerprint density at radius 2 is 1.93 bits per heavy atom. The number of ether oxygens (including phenoxy) is 3. The van der Waals surface area contributed by atoms with Crippen LogP contribution < -0.4 is 9.47 Å². The highest BCUT2D eigenvalue weighted by molar-refractivity contribution is 5.66. The average molecular weight is 398 g/mol. The minimum Gasteiger partial charge on any atom is -0.483 e. The lowest BCUT2D eigenvalue weighted by atomic mass is 9.90. The Kier molecular flexibility index (Phi) is 7.15. The fourth-order valence-corrected chi connectivity index (χ4v) is 3.75. The number of rotatable bonds is 10. The molecule has 0 amide bonds. The summed E-state index contributed by atoms with van der Waals surface area (Å²) in [6.07, 6.45) is 3.03. The first kappa shape index (κ1) is 21.2. The zero-order valence-corrected chi connectivity index (χ0v) is 17.2. The van der Waals surface area contributed by atoms with Gasteiger partial charge in [0.1, 0.15) is 11.5 Å². The highest BCUT2D eigenvalue weighted by Crippen LogP contribution is 2.41. The summed E-state index contributed by atoms with van der Waals surface area (Å²) in [6, 6.07) is 15.7. The lowest BCUT2D eigenvalue weighted by molar-refractivity contribution is -0.243. The van der Waals surface area contributed by atoms with Crippen LogP contribution in [0.4, 0.5) is 0 Å². The Labute approximate surface area is 172 Å². The first-order valence-corrected chi connectivity index (χ1v) is 10.4. The number of carbonyl (C=O) groups is 1. The maximum Gasteiger partial charge on any atom is 0.303 e. The van der Waals surface area contributed by atoms with Gasteiger partial charge in [-0.1, -0.05) is 56.7 Å². The molecule has 0 bridgehead atoms. The third kappa shape index (κ3) is 5.10. The van der Waals surface area contributed by atoms with E-state index in [1.54, 1.807) is 0 Å². The number of carboxylic acids is 1. The molecule has 1 heterocycles. The minimum atomic E-state index is -1.14. The largest absolute Gasteiger partial charge is 0.483 e. The highest BCUT2D eigenvalue weighted by atomic mass is 16.7. The van der Waals surface area contributed by atoms with Crippen molar-refractivity contribution in [2.24, 2.45) is 0 Å². The molecule has 0 aromatic heterocycles. The van der Waals surface area contributed by atoms with Crippen LogP contribution in [0.25, 0.3) is 0 Å². The zero-order chi connectivity index (χ0) is 20.7. The molecule has 0 radical (unpaired) electrons. The molecule has 0 saturated carbocycles. The van der Waals surface area contributed by atoms with Crippen molar-refractivity contribution in [1.82, 2.24) is 0 Å². The summed E-state index contributed by atoms with van der Waals surface area (Å²) < 4.78 is 19.1. The molecule has 5 nitrogen and oxygen atoms in total. The van der Waals surface area contributed by atoms with Gasteiger partial charge in [0.25, 0.3) is 0 Å². The van der Waals surface area contributed by atoms with Crippen molar-refractivity contribution in [3.05, 3.63) is 59.7 Å². The zero-order valence-electron chi connectivity index (χ0n) is 17.2. The Bertz CT molecular complexity index is 804. The number of hydrogen-bond donors (Lipinski definition) is 1. The topological polar surface area (TPSA) is 65.0 Å². The van der Waals surface area contributed by atoms with Crippen LogP contribution >= 0.6 is 0 Å². The van der Waals surface area contributed by atoms with Crippen LogP contribution in [0.1, 0.15) is 50.7 Å². The average Bonchev–Trinajstić information content (AvgIpc) is 2.72. The summed E-state index contributed by atoms with van der Waals surface area (Å²) >= 11 is 0. The third-order valence-electron chi connectivity index (χ3n) is 5.13. The van der Waals surface area contributed by atoms with E-state index in [0.717, 1.165) is 36.1 Å². The van der Waals surface area contributed by atoms with E-state index in [1.807, 2.05) is 43.3 Å². The number of benzene rings is 2. The summed E-state index contributed by atoms with van der Waals surface area (Å²) in [6.45, 7) is 4.63. The fraction of sp³-hybridized carbons (Fsp3) is 0.458. The second-order valence-electron chi connectivity index (χ2n) is 7.44. The lowest BCUT2D eigenvalue weighted by Crippen LogP contribution is -2.56. The SMILES string of the molecule is CCCOC1(CCC(=O)O)Oc2c(CCC)cccc2CC1Oc1ccccc1. The van der Waals surface area contributed by atoms with Crippen molar-refractivity contribution in [2.75, 3.05) is 6.61 Å². The number of fused-ring (bicyclic) bond motifs is 1. The summed E-state index contributed by atoms with van der Waals surface area (Å²) in [7, 11) is 0. The van der Waals surface area contributed by atoms with Crippen LogP contribution in [0.2, 0.25) is 0 Å². The predicted molar refractivity (Wildman–Crippen MR) is 111 cm³/mol. The van der Waals surface area contributed by atoms with E-state index in [2.05, 4.69) is 19.1 Å². The van der Waals surface area contributed by atoms with Gasteiger partial charge in [0.2, 0.25) is 5.79 Å². The fourth-order valence-electron chi connectivity index (χ4n) is 3.75. The van der Waals surface area contributed by atoms with Crippen molar-refractivity contribution in [3.8, 4) is 11.5 Å². The molecule has 2 aromatic carbocycles.